The molecule has 3 aromatic heterocycles. The van der Waals surface area contributed by atoms with E-state index in [1.54, 1.807) is 27.7 Å². The summed E-state index contributed by atoms with van der Waals surface area (Å²) < 4.78 is 28.9. The molecule has 0 aliphatic carbocycles. The molecule has 0 saturated carbocycles. The predicted molar refractivity (Wildman–Crippen MR) is 256 cm³/mol. The van der Waals surface area contributed by atoms with Crippen molar-refractivity contribution in [3.05, 3.63) is 170 Å². The Morgan fingerprint density at radius 3 is 1.39 bits per heavy atom. The molecule has 1 unspecified atom stereocenters. The highest BCUT2D eigenvalue weighted by Crippen LogP contribution is 2.64. The average Bonchev–Trinajstić information content (AvgIpc) is 3.29. The van der Waals surface area contributed by atoms with Crippen LogP contribution in [0.4, 0.5) is 22.7 Å². The summed E-state index contributed by atoms with van der Waals surface area (Å²) in [5.41, 5.74) is -10.4. The lowest BCUT2D eigenvalue weighted by molar-refractivity contribution is -0.385. The molecule has 0 fully saturated rings. The molecule has 9 N–H and O–H groups in total. The number of hydrogen-bond donors (Lipinski definition) is 9. The zero-order valence-electron chi connectivity index (χ0n) is 38.0. The molecule has 7 aromatic rings. The monoisotopic (exact) mass is 1000 g/mol. The molecular formula is C42H43N12O16P. The minimum Gasteiger partial charge on any atom is -0.508 e. The van der Waals surface area contributed by atoms with Gasteiger partial charge in [0, 0.05) is 67.6 Å². The van der Waals surface area contributed by atoms with E-state index in [4.69, 9.17) is 9.05 Å². The third kappa shape index (κ3) is 10.9. The van der Waals surface area contributed by atoms with E-state index in [2.05, 4.69) is 40.5 Å². The van der Waals surface area contributed by atoms with Gasteiger partial charge in [0.2, 0.25) is 0 Å². The Hall–Kier alpha value is -8.43. The maximum atomic E-state index is 16.1. The van der Waals surface area contributed by atoms with E-state index < -0.39 is 103 Å². The lowest BCUT2D eigenvalue weighted by atomic mass is 10.1. The summed E-state index contributed by atoms with van der Waals surface area (Å²) in [6.07, 6.45) is 0. The summed E-state index contributed by atoms with van der Waals surface area (Å²) in [5.74, 6) is -2.00. The molecule has 29 heteroatoms. The Morgan fingerprint density at radius 2 is 0.986 bits per heavy atom. The average molecular weight is 1000 g/mol. The number of aromatic hydroxyl groups is 1. The number of rotatable bonds is 19. The summed E-state index contributed by atoms with van der Waals surface area (Å²) in [6.45, 7) is 4.90. The van der Waals surface area contributed by atoms with E-state index in [0.717, 1.165) is 24.3 Å². The first kappa shape index (κ1) is 50.4. The number of phenols is 1. The number of non-ortho nitro benzene ring substituents is 3. The van der Waals surface area contributed by atoms with Gasteiger partial charge in [-0.2, -0.15) is 0 Å². The molecule has 0 amide bonds. The summed E-state index contributed by atoms with van der Waals surface area (Å²) in [7, 11) is -3.58. The van der Waals surface area contributed by atoms with Gasteiger partial charge in [-0.15, -0.1) is 0 Å². The van der Waals surface area contributed by atoms with Crippen molar-refractivity contribution in [2.45, 2.75) is 57.6 Å². The van der Waals surface area contributed by atoms with E-state index in [0.29, 0.717) is 0 Å². The molecule has 1 atom stereocenters. The van der Waals surface area contributed by atoms with Crippen LogP contribution in [0.25, 0.3) is 33.1 Å². The normalized spacial score (nSPS) is 12.6. The van der Waals surface area contributed by atoms with Gasteiger partial charge >= 0.3 is 41.0 Å². The Bertz CT molecular complexity index is 3600. The van der Waals surface area contributed by atoms with Crippen molar-refractivity contribution in [3.63, 3.8) is 0 Å². The van der Waals surface area contributed by atoms with E-state index in [-0.39, 0.29) is 74.3 Å². The van der Waals surface area contributed by atoms with Crippen LogP contribution in [0.3, 0.4) is 0 Å². The van der Waals surface area contributed by atoms with Crippen molar-refractivity contribution in [3.8, 4) is 5.75 Å². The van der Waals surface area contributed by atoms with Crippen molar-refractivity contribution in [1.82, 2.24) is 40.5 Å². The summed E-state index contributed by atoms with van der Waals surface area (Å²) in [4.78, 5) is 123. The Labute approximate surface area is 395 Å². The van der Waals surface area contributed by atoms with Crippen LogP contribution in [0.5, 0.6) is 5.75 Å². The number of hydrogen-bond acceptors (Lipinski definition) is 19. The Kier molecular flexibility index (Phi) is 13.6. The number of fused-ring (bicyclic) bond motifs is 3. The first-order valence-corrected chi connectivity index (χ1v) is 22.6. The highest BCUT2D eigenvalue weighted by molar-refractivity contribution is 7.54. The van der Waals surface area contributed by atoms with Crippen LogP contribution in [0.1, 0.15) is 50.2 Å². The van der Waals surface area contributed by atoms with Gasteiger partial charge in [0.25, 0.3) is 17.1 Å². The van der Waals surface area contributed by atoms with E-state index in [1.165, 1.54) is 48.3 Å². The molecule has 0 bridgehead atoms. The minimum atomic E-state index is -4.91. The molecule has 3 heterocycles. The second-order valence-electron chi connectivity index (χ2n) is 17.6. The number of phenolic OH excluding ortho intramolecular Hbond substituents is 1. The van der Waals surface area contributed by atoms with Crippen LogP contribution >= 0.6 is 7.60 Å². The second-order valence-corrected chi connectivity index (χ2v) is 19.7. The lowest BCUT2D eigenvalue weighted by Crippen LogP contribution is -2.45. The number of benzene rings is 4. The first-order valence-electron chi connectivity index (χ1n) is 21.0. The number of nitro benzene ring substituents is 3. The number of aromatic amines is 6. The molecule has 0 aliphatic rings. The molecule has 0 saturated heterocycles. The van der Waals surface area contributed by atoms with Crippen LogP contribution in [-0.2, 0) is 26.7 Å². The molecular weight excluding hydrogens is 960 g/mol. The van der Waals surface area contributed by atoms with Crippen molar-refractivity contribution >= 4 is 63.4 Å². The van der Waals surface area contributed by atoms with Crippen LogP contribution < -0.4 is 48.9 Å². The van der Waals surface area contributed by atoms with Crippen LogP contribution in [0, 0.1) is 30.3 Å². The fourth-order valence-corrected chi connectivity index (χ4v) is 9.95. The van der Waals surface area contributed by atoms with Gasteiger partial charge in [-0.3, -0.25) is 63.7 Å². The van der Waals surface area contributed by atoms with Crippen molar-refractivity contribution in [2.75, 3.05) is 25.2 Å². The summed E-state index contributed by atoms with van der Waals surface area (Å²) in [5, 5.41) is 53.0. The summed E-state index contributed by atoms with van der Waals surface area (Å²) >= 11 is 0. The predicted octanol–water partition coefficient (Wildman–Crippen LogP) is 3.20. The smallest absolute Gasteiger partial charge is 0.357 e. The van der Waals surface area contributed by atoms with Crippen LogP contribution in [0.15, 0.2) is 89.4 Å². The highest BCUT2D eigenvalue weighted by Gasteiger charge is 2.44. The third-order valence-corrected chi connectivity index (χ3v) is 13.4. The van der Waals surface area contributed by atoms with Crippen molar-refractivity contribution < 1.29 is 33.5 Å². The molecule has 0 aliphatic heterocycles. The molecule has 71 heavy (non-hydrogen) atoms. The molecule has 0 spiro atoms. The molecule has 0 radical (unpaired) electrons. The quantitative estimate of drug-likeness (QED) is 0.0243. The molecule has 7 rings (SSSR count). The van der Waals surface area contributed by atoms with E-state index in [9.17, 15) is 64.2 Å². The standard InChI is InChI=1S/C42H43N12O16P/c1-41(2,43-16-21-9-23(52(62)63)12-27-31(21)48-37(59)34(56)45-27)18-69-71(68,70-19-42(3,4)44-17-22-10-24(53(64)65)13-28-32(22)49-38(60)35(57)46-28)40(20-7-6-8-26(55)11-20)51(5)30-15-25(54(66)67)14-29-33(30)50-39(61)36(58)47-29/h6-15,40,43-44,55H,16-19H2,1-5H3,(H,45,56)(H,46,57)(H,47,58)(H,48,59)(H,49,60)(H,50,61). The first-order chi connectivity index (χ1) is 33.2. The minimum absolute atomic E-state index is 0.0400. The Balaban J connectivity index is 1.30. The number of aromatic nitrogens is 6. The topological polar surface area (TPSA) is 410 Å². The molecule has 4 aromatic carbocycles. The second kappa shape index (κ2) is 19.2. The molecule has 28 nitrogen and oxygen atoms in total. The van der Waals surface area contributed by atoms with Crippen molar-refractivity contribution in [1.29, 1.82) is 0 Å². The number of nitro groups is 3. The van der Waals surface area contributed by atoms with Crippen LogP contribution in [0.2, 0.25) is 0 Å². The summed E-state index contributed by atoms with van der Waals surface area (Å²) in [6, 6.07) is 11.9. The van der Waals surface area contributed by atoms with E-state index in [1.807, 2.05) is 0 Å². The maximum absolute atomic E-state index is 16.1. The van der Waals surface area contributed by atoms with Gasteiger partial charge in [0.15, 0.2) is 5.78 Å². The molecule has 372 valence electrons. The largest absolute Gasteiger partial charge is 0.508 e. The zero-order valence-corrected chi connectivity index (χ0v) is 38.9. The number of nitrogens with zero attached hydrogens (tertiary/aromatic N) is 4. The van der Waals surface area contributed by atoms with E-state index >= 15 is 4.57 Å². The lowest BCUT2D eigenvalue weighted by Gasteiger charge is -2.38. The number of H-pyrrole nitrogens is 6. The fourth-order valence-electron chi connectivity index (χ4n) is 7.51. The number of nitrogens with one attached hydrogen (secondary N) is 8. The van der Waals surface area contributed by atoms with Gasteiger partial charge in [-0.1, -0.05) is 12.1 Å². The van der Waals surface area contributed by atoms with Crippen LogP contribution in [-0.4, -0.2) is 81.1 Å². The third-order valence-electron chi connectivity index (χ3n) is 11.2. The SMILES string of the molecule is CN(c1cc([N+](=O)[O-])cc2[nH]c(=O)c(=O)[nH]c12)C(c1cccc(O)c1)P(=O)(OCC(C)(C)NCc1cc([N+](=O)[O-])cc2[nH]c(=O)c(=O)[nH]c12)OCC(C)(C)NCc1cc([N+](=O)[O-])cc2[nH]c(=O)c(=O)[nH]c12. The van der Waals surface area contributed by atoms with Gasteiger partial charge < -0.3 is 59.6 Å². The maximum Gasteiger partial charge on any atom is 0.357 e. The number of anilines is 1. The van der Waals surface area contributed by atoms with Gasteiger partial charge in [-0.25, -0.2) is 0 Å². The zero-order chi connectivity index (χ0) is 51.9. The highest BCUT2D eigenvalue weighted by atomic mass is 31.2. The van der Waals surface area contributed by atoms with Gasteiger partial charge in [0.05, 0.1) is 66.8 Å². The van der Waals surface area contributed by atoms with Gasteiger partial charge in [0.1, 0.15) is 5.75 Å². The van der Waals surface area contributed by atoms with Crippen molar-refractivity contribution in [2.24, 2.45) is 0 Å². The Morgan fingerprint density at radius 1 is 0.606 bits per heavy atom. The van der Waals surface area contributed by atoms with Gasteiger partial charge in [-0.05, 0) is 56.5 Å². The fraction of sp³-hybridized carbons (Fsp3) is 0.286.